The van der Waals surface area contributed by atoms with Gasteiger partial charge in [-0.1, -0.05) is 41.9 Å². The molecular weight excluding hydrogens is 542 g/mol. The summed E-state index contributed by atoms with van der Waals surface area (Å²) >= 11 is 6.29. The highest BCUT2D eigenvalue weighted by Gasteiger charge is 2.69. The van der Waals surface area contributed by atoms with E-state index in [1.54, 1.807) is 25.1 Å². The molecule has 0 saturated carbocycles. The molecule has 40 heavy (non-hydrogen) atoms. The smallest absolute Gasteiger partial charge is 0.325 e. The van der Waals surface area contributed by atoms with Crippen molar-refractivity contribution in [3.05, 3.63) is 92.5 Å². The number of phenolic OH excluding ortho intramolecular Hbond substituents is 1. The summed E-state index contributed by atoms with van der Waals surface area (Å²) in [4.78, 5) is 52.5. The number of carbonyl (C=O) groups is 3. The van der Waals surface area contributed by atoms with E-state index in [1.165, 1.54) is 49.6 Å². The molecule has 3 aromatic rings. The lowest BCUT2D eigenvalue weighted by atomic mass is 9.76. The molecule has 3 aromatic carbocycles. The van der Waals surface area contributed by atoms with Crippen LogP contribution < -0.4 is 15.0 Å². The normalized spacial score (nSPS) is 23.8. The second kappa shape index (κ2) is 9.92. The Morgan fingerprint density at radius 3 is 2.45 bits per heavy atom. The molecule has 2 amide bonds. The van der Waals surface area contributed by atoms with Gasteiger partial charge in [-0.15, -0.1) is 0 Å². The molecule has 5 rings (SSSR count). The van der Waals surface area contributed by atoms with Crippen molar-refractivity contribution in [2.75, 3.05) is 12.0 Å². The van der Waals surface area contributed by atoms with E-state index in [9.17, 15) is 34.7 Å². The molecule has 0 aromatic heterocycles. The van der Waals surface area contributed by atoms with Crippen molar-refractivity contribution < 1.29 is 34.3 Å². The monoisotopic (exact) mass is 565 g/mol. The van der Waals surface area contributed by atoms with Gasteiger partial charge in [-0.3, -0.25) is 29.8 Å². The summed E-state index contributed by atoms with van der Waals surface area (Å²) in [7, 11) is 1.35. The zero-order valence-corrected chi connectivity index (χ0v) is 22.1. The first-order chi connectivity index (χ1) is 19.0. The highest BCUT2D eigenvalue weighted by molar-refractivity contribution is 6.32. The molecule has 2 aliphatic heterocycles. The summed E-state index contributed by atoms with van der Waals surface area (Å²) in [5.41, 5.74) is -0.680. The van der Waals surface area contributed by atoms with Crippen molar-refractivity contribution in [3.8, 4) is 11.5 Å². The molecule has 206 valence electrons. The largest absolute Gasteiger partial charge is 0.504 e. The zero-order chi connectivity index (χ0) is 28.9. The summed E-state index contributed by atoms with van der Waals surface area (Å²) in [5, 5.41) is 36.0. The van der Waals surface area contributed by atoms with Crippen LogP contribution in [0, 0.1) is 28.9 Å². The van der Waals surface area contributed by atoms with Crippen molar-refractivity contribution >= 4 is 40.8 Å². The molecule has 2 saturated heterocycles. The van der Waals surface area contributed by atoms with E-state index in [-0.39, 0.29) is 34.9 Å². The zero-order valence-electron chi connectivity index (χ0n) is 21.3. The van der Waals surface area contributed by atoms with Crippen molar-refractivity contribution in [1.82, 2.24) is 5.32 Å². The second-order valence-electron chi connectivity index (χ2n) is 9.85. The third-order valence-electron chi connectivity index (χ3n) is 7.66. The molecule has 11 nitrogen and oxygen atoms in total. The standard InChI is InChI=1S/C28H24ClN3O8/c1-14-6-9-17(12-19(14)29)31-25(34)21-22(26(31)35)28(27(36)37,13-15-7-10-16(11-8-15)32(38)39)30-23(21)18-4-3-5-20(40-2)24(18)33/h3-12,21-23,30,33H,13H2,1-2H3,(H,36,37). The predicted molar refractivity (Wildman–Crippen MR) is 143 cm³/mol. The van der Waals surface area contributed by atoms with Crippen molar-refractivity contribution in [2.45, 2.75) is 24.9 Å². The molecule has 0 spiro atoms. The topological polar surface area (TPSA) is 159 Å². The minimum Gasteiger partial charge on any atom is -0.504 e. The van der Waals surface area contributed by atoms with E-state index in [1.807, 2.05) is 0 Å². The first-order valence-corrected chi connectivity index (χ1v) is 12.6. The van der Waals surface area contributed by atoms with E-state index >= 15 is 0 Å². The van der Waals surface area contributed by atoms with E-state index in [0.29, 0.717) is 10.6 Å². The van der Waals surface area contributed by atoms with Gasteiger partial charge in [0.1, 0.15) is 5.54 Å². The van der Waals surface area contributed by atoms with Crippen LogP contribution in [-0.2, 0) is 20.8 Å². The number of carboxylic acids is 1. The molecule has 0 bridgehead atoms. The van der Waals surface area contributed by atoms with E-state index in [4.69, 9.17) is 16.3 Å². The number of fused-ring (bicyclic) bond motifs is 1. The Morgan fingerprint density at radius 2 is 1.85 bits per heavy atom. The number of nitrogens with one attached hydrogen (secondary N) is 1. The molecule has 3 N–H and O–H groups in total. The SMILES string of the molecule is COc1cccc(C2NC(Cc3ccc([N+](=O)[O-])cc3)(C(=O)O)C3C(=O)N(c4ccc(C)c(Cl)c4)C(=O)C23)c1O. The van der Waals surface area contributed by atoms with Crippen LogP contribution in [0.2, 0.25) is 5.02 Å². The van der Waals surface area contributed by atoms with E-state index < -0.39 is 46.1 Å². The van der Waals surface area contributed by atoms with Gasteiger partial charge >= 0.3 is 5.97 Å². The average molecular weight is 566 g/mol. The van der Waals surface area contributed by atoms with E-state index in [0.717, 1.165) is 10.5 Å². The number of hydrogen-bond donors (Lipinski definition) is 3. The van der Waals surface area contributed by atoms with Crippen LogP contribution in [0.4, 0.5) is 11.4 Å². The number of anilines is 1. The second-order valence-corrected chi connectivity index (χ2v) is 10.3. The number of carbonyl (C=O) groups excluding carboxylic acids is 2. The van der Waals surface area contributed by atoms with E-state index in [2.05, 4.69) is 5.32 Å². The van der Waals surface area contributed by atoms with Gasteiger partial charge in [-0.2, -0.15) is 0 Å². The number of para-hydroxylation sites is 1. The number of carboxylic acid groups (broad SMARTS) is 1. The molecule has 2 aliphatic rings. The van der Waals surface area contributed by atoms with Gasteiger partial charge in [0, 0.05) is 35.2 Å². The maximum atomic E-state index is 14.0. The number of non-ortho nitro benzene ring substituents is 1. The van der Waals surface area contributed by atoms with Crippen LogP contribution in [0.3, 0.4) is 0 Å². The minimum absolute atomic E-state index is 0.109. The molecule has 2 heterocycles. The summed E-state index contributed by atoms with van der Waals surface area (Å²) < 4.78 is 5.22. The number of rotatable bonds is 7. The van der Waals surface area contributed by atoms with Gasteiger partial charge in [0.05, 0.1) is 29.6 Å². The number of hydrogen-bond acceptors (Lipinski definition) is 8. The molecule has 4 unspecified atom stereocenters. The van der Waals surface area contributed by atoms with Crippen LogP contribution in [0.1, 0.15) is 22.7 Å². The average Bonchev–Trinajstić information content (AvgIpc) is 3.40. The number of nitro groups is 1. The lowest BCUT2D eigenvalue weighted by Gasteiger charge is -2.31. The molecule has 0 aliphatic carbocycles. The number of halogens is 1. The van der Waals surface area contributed by atoms with Gasteiger partial charge in [0.25, 0.3) is 5.69 Å². The number of ether oxygens (including phenoxy) is 1. The fourth-order valence-corrected chi connectivity index (χ4v) is 5.87. The van der Waals surface area contributed by atoms with Crippen molar-refractivity contribution in [2.24, 2.45) is 11.8 Å². The molecule has 0 radical (unpaired) electrons. The number of aliphatic carboxylic acids is 1. The number of aryl methyl sites for hydroxylation is 1. The van der Waals surface area contributed by atoms with Gasteiger partial charge < -0.3 is 14.9 Å². The summed E-state index contributed by atoms with van der Waals surface area (Å²) in [6, 6.07) is 13.5. The number of amides is 2. The minimum atomic E-state index is -2.00. The molecule has 4 atom stereocenters. The Labute approximate surface area is 233 Å². The lowest BCUT2D eigenvalue weighted by molar-refractivity contribution is -0.384. The first kappa shape index (κ1) is 27.1. The number of aromatic hydroxyl groups is 1. The quantitative estimate of drug-likeness (QED) is 0.220. The fourth-order valence-electron chi connectivity index (χ4n) is 5.69. The van der Waals surface area contributed by atoms with Crippen molar-refractivity contribution in [3.63, 3.8) is 0 Å². The molecular formula is C28H24ClN3O8. The number of phenols is 1. The van der Waals surface area contributed by atoms with Crippen LogP contribution in [-0.4, -0.2) is 45.6 Å². The Kier molecular flexibility index (Phi) is 6.72. The molecule has 2 fully saturated rings. The van der Waals surface area contributed by atoms with Crippen molar-refractivity contribution in [1.29, 1.82) is 0 Å². The number of methoxy groups -OCH3 is 1. The van der Waals surface area contributed by atoms with Crippen LogP contribution in [0.25, 0.3) is 0 Å². The van der Waals surface area contributed by atoms with Gasteiger partial charge in [-0.05, 0) is 36.2 Å². The number of imide groups is 1. The number of benzene rings is 3. The highest BCUT2D eigenvalue weighted by atomic mass is 35.5. The Bertz CT molecular complexity index is 1560. The fraction of sp³-hybridized carbons (Fsp3) is 0.250. The summed E-state index contributed by atoms with van der Waals surface area (Å²) in [6.07, 6.45) is -0.274. The summed E-state index contributed by atoms with van der Waals surface area (Å²) in [6.45, 7) is 1.76. The maximum Gasteiger partial charge on any atom is 0.325 e. The predicted octanol–water partition coefficient (Wildman–Crippen LogP) is 3.79. The van der Waals surface area contributed by atoms with Gasteiger partial charge in [-0.25, -0.2) is 4.90 Å². The Morgan fingerprint density at radius 1 is 1.15 bits per heavy atom. The first-order valence-electron chi connectivity index (χ1n) is 12.2. The van der Waals surface area contributed by atoms with Gasteiger partial charge in [0.15, 0.2) is 11.5 Å². The van der Waals surface area contributed by atoms with Crippen LogP contribution in [0.5, 0.6) is 11.5 Å². The Hall–Kier alpha value is -4.48. The molecule has 12 heteroatoms. The highest BCUT2D eigenvalue weighted by Crippen LogP contribution is 2.53. The number of nitro benzene ring substituents is 1. The number of nitrogens with zero attached hydrogens (tertiary/aromatic N) is 2. The van der Waals surface area contributed by atoms with Gasteiger partial charge in [0.2, 0.25) is 11.8 Å². The van der Waals surface area contributed by atoms with Crippen LogP contribution in [0.15, 0.2) is 60.7 Å². The summed E-state index contributed by atoms with van der Waals surface area (Å²) in [5.74, 6) is -5.57. The maximum absolute atomic E-state index is 14.0. The Balaban J connectivity index is 1.67. The van der Waals surface area contributed by atoms with Crippen LogP contribution >= 0.6 is 11.6 Å². The third kappa shape index (κ3) is 4.14. The lowest BCUT2D eigenvalue weighted by Crippen LogP contribution is -2.57. The third-order valence-corrected chi connectivity index (χ3v) is 8.07.